The Morgan fingerprint density at radius 1 is 1.30 bits per heavy atom. The molecule has 4 heteroatoms. The van der Waals surface area contributed by atoms with Crippen molar-refractivity contribution in [3.63, 3.8) is 0 Å². The monoisotopic (exact) mass is 278 g/mol. The smallest absolute Gasteiger partial charge is 0.251 e. The number of benzene rings is 1. The van der Waals surface area contributed by atoms with Crippen molar-refractivity contribution in [2.75, 3.05) is 12.3 Å². The summed E-state index contributed by atoms with van der Waals surface area (Å²) in [5.41, 5.74) is 7.03. The van der Waals surface area contributed by atoms with E-state index in [1.54, 1.807) is 18.2 Å². The van der Waals surface area contributed by atoms with Crippen LogP contribution in [0.15, 0.2) is 18.2 Å². The van der Waals surface area contributed by atoms with Crippen molar-refractivity contribution in [2.24, 2.45) is 0 Å². The summed E-state index contributed by atoms with van der Waals surface area (Å²) in [6.07, 6.45) is 4.59. The van der Waals surface area contributed by atoms with Crippen molar-refractivity contribution in [1.29, 1.82) is 0 Å². The van der Waals surface area contributed by atoms with E-state index in [0.29, 0.717) is 23.6 Å². The fraction of sp³-hybridized carbons (Fsp3) is 0.562. The van der Waals surface area contributed by atoms with Gasteiger partial charge in [0.1, 0.15) is 5.75 Å². The van der Waals surface area contributed by atoms with Crippen LogP contribution >= 0.6 is 0 Å². The number of ether oxygens (including phenoxy) is 1. The average molecular weight is 278 g/mol. The molecule has 0 aliphatic rings. The van der Waals surface area contributed by atoms with Gasteiger partial charge in [-0.15, -0.1) is 0 Å². The lowest BCUT2D eigenvalue weighted by molar-refractivity contribution is 0.0942. The van der Waals surface area contributed by atoms with Gasteiger partial charge in [-0.2, -0.15) is 0 Å². The van der Waals surface area contributed by atoms with Crippen LogP contribution in [0, 0.1) is 0 Å². The van der Waals surface area contributed by atoms with Crippen LogP contribution < -0.4 is 15.8 Å². The second-order valence-corrected chi connectivity index (χ2v) is 5.29. The maximum absolute atomic E-state index is 11.9. The number of amides is 1. The molecular weight excluding hydrogens is 252 g/mol. The zero-order valence-corrected chi connectivity index (χ0v) is 12.7. The molecule has 1 amide bonds. The molecule has 1 rings (SSSR count). The summed E-state index contributed by atoms with van der Waals surface area (Å²) >= 11 is 0. The number of anilines is 1. The Labute approximate surface area is 121 Å². The molecule has 0 atom stereocenters. The molecule has 0 bridgehead atoms. The van der Waals surface area contributed by atoms with E-state index < -0.39 is 0 Å². The van der Waals surface area contributed by atoms with E-state index in [4.69, 9.17) is 10.5 Å². The number of carbonyl (C=O) groups excluding carboxylic acids is 1. The summed E-state index contributed by atoms with van der Waals surface area (Å²) in [5, 5.41) is 2.85. The van der Waals surface area contributed by atoms with Gasteiger partial charge in [0.2, 0.25) is 0 Å². The van der Waals surface area contributed by atoms with Gasteiger partial charge < -0.3 is 15.8 Å². The largest absolute Gasteiger partial charge is 0.491 e. The number of hydrogen-bond acceptors (Lipinski definition) is 3. The number of nitrogen functional groups attached to an aromatic ring is 1. The van der Waals surface area contributed by atoms with Gasteiger partial charge in [-0.25, -0.2) is 0 Å². The Morgan fingerprint density at radius 2 is 2.05 bits per heavy atom. The van der Waals surface area contributed by atoms with Gasteiger partial charge in [-0.3, -0.25) is 4.79 Å². The second-order valence-electron chi connectivity index (χ2n) is 5.29. The molecule has 1 aromatic carbocycles. The highest BCUT2D eigenvalue weighted by atomic mass is 16.5. The van der Waals surface area contributed by atoms with Crippen LogP contribution in [-0.4, -0.2) is 18.6 Å². The quantitative estimate of drug-likeness (QED) is 0.566. The van der Waals surface area contributed by atoms with Gasteiger partial charge in [0, 0.05) is 11.6 Å². The fourth-order valence-electron chi connectivity index (χ4n) is 1.86. The Balaban J connectivity index is 2.59. The van der Waals surface area contributed by atoms with Crippen molar-refractivity contribution in [3.05, 3.63) is 23.8 Å². The Kier molecular flexibility index (Phi) is 6.91. The minimum Gasteiger partial charge on any atom is -0.491 e. The van der Waals surface area contributed by atoms with E-state index in [-0.39, 0.29) is 11.9 Å². The van der Waals surface area contributed by atoms with Crippen molar-refractivity contribution < 1.29 is 9.53 Å². The molecule has 0 heterocycles. The van der Waals surface area contributed by atoms with Crippen LogP contribution in [0.4, 0.5) is 5.69 Å². The Hall–Kier alpha value is -1.71. The Bertz CT molecular complexity index is 430. The maximum atomic E-state index is 11.9. The molecule has 3 N–H and O–H groups in total. The van der Waals surface area contributed by atoms with Gasteiger partial charge in [0.15, 0.2) is 0 Å². The summed E-state index contributed by atoms with van der Waals surface area (Å²) in [4.78, 5) is 11.9. The first kappa shape index (κ1) is 16.3. The number of hydrogen-bond donors (Lipinski definition) is 2. The van der Waals surface area contributed by atoms with E-state index in [1.165, 1.54) is 12.8 Å². The predicted octanol–water partition coefficient (Wildman–Crippen LogP) is 3.37. The van der Waals surface area contributed by atoms with Crippen molar-refractivity contribution in [3.8, 4) is 5.75 Å². The zero-order chi connectivity index (χ0) is 15.0. The lowest BCUT2D eigenvalue weighted by atomic mass is 10.1. The first-order valence-corrected chi connectivity index (χ1v) is 7.37. The molecule has 4 nitrogen and oxygen atoms in total. The van der Waals surface area contributed by atoms with Gasteiger partial charge in [-0.1, -0.05) is 26.2 Å². The van der Waals surface area contributed by atoms with Crippen LogP contribution in [0.3, 0.4) is 0 Å². The normalized spacial score (nSPS) is 10.6. The lowest BCUT2D eigenvalue weighted by Crippen LogP contribution is -2.30. The van der Waals surface area contributed by atoms with Gasteiger partial charge in [-0.05, 0) is 38.5 Å². The van der Waals surface area contributed by atoms with Crippen LogP contribution in [0.1, 0.15) is 56.8 Å². The highest BCUT2D eigenvalue weighted by Gasteiger charge is 2.10. The third-order valence-electron chi connectivity index (χ3n) is 2.95. The molecule has 0 aliphatic heterocycles. The second kappa shape index (κ2) is 8.46. The zero-order valence-electron chi connectivity index (χ0n) is 12.7. The molecule has 0 saturated carbocycles. The van der Waals surface area contributed by atoms with Crippen LogP contribution in [0.25, 0.3) is 0 Å². The Morgan fingerprint density at radius 3 is 2.70 bits per heavy atom. The minimum absolute atomic E-state index is 0.101. The summed E-state index contributed by atoms with van der Waals surface area (Å²) in [7, 11) is 0. The highest BCUT2D eigenvalue weighted by molar-refractivity contribution is 5.95. The molecule has 0 unspecified atom stereocenters. The summed E-state index contributed by atoms with van der Waals surface area (Å²) in [6, 6.07) is 5.26. The molecule has 1 aromatic rings. The summed E-state index contributed by atoms with van der Waals surface area (Å²) in [6.45, 7) is 6.68. The van der Waals surface area contributed by atoms with E-state index in [9.17, 15) is 4.79 Å². The molecule has 0 spiro atoms. The van der Waals surface area contributed by atoms with Crippen LogP contribution in [0.5, 0.6) is 5.75 Å². The maximum Gasteiger partial charge on any atom is 0.251 e. The van der Waals surface area contributed by atoms with Crippen LogP contribution in [0.2, 0.25) is 0 Å². The van der Waals surface area contributed by atoms with Gasteiger partial charge >= 0.3 is 0 Å². The molecule has 0 radical (unpaired) electrons. The van der Waals surface area contributed by atoms with E-state index in [1.807, 2.05) is 13.8 Å². The number of nitrogens with one attached hydrogen (secondary N) is 1. The number of rotatable bonds is 8. The molecule has 20 heavy (non-hydrogen) atoms. The standard InChI is InChI=1S/C16H26N2O2/c1-4-5-6-7-10-20-15-11-13(8-9-14(15)17)16(19)18-12(2)3/h8-9,11-12H,4-7,10,17H2,1-3H3,(H,18,19). The van der Waals surface area contributed by atoms with Gasteiger partial charge in [0.25, 0.3) is 5.91 Å². The van der Waals surface area contributed by atoms with Crippen molar-refractivity contribution in [1.82, 2.24) is 5.32 Å². The first-order chi connectivity index (χ1) is 9.54. The lowest BCUT2D eigenvalue weighted by Gasteiger charge is -2.12. The van der Waals surface area contributed by atoms with Crippen LogP contribution in [-0.2, 0) is 0 Å². The minimum atomic E-state index is -0.101. The third kappa shape index (κ3) is 5.51. The van der Waals surface area contributed by atoms with E-state index in [2.05, 4.69) is 12.2 Å². The topological polar surface area (TPSA) is 64.3 Å². The number of unbranched alkanes of at least 4 members (excludes halogenated alkanes) is 3. The van der Waals surface area contributed by atoms with E-state index in [0.717, 1.165) is 12.8 Å². The third-order valence-corrected chi connectivity index (χ3v) is 2.95. The first-order valence-electron chi connectivity index (χ1n) is 7.37. The SMILES string of the molecule is CCCCCCOc1cc(C(=O)NC(C)C)ccc1N. The molecule has 0 fully saturated rings. The molecule has 112 valence electrons. The molecular formula is C16H26N2O2. The van der Waals surface area contributed by atoms with Crippen molar-refractivity contribution in [2.45, 2.75) is 52.5 Å². The van der Waals surface area contributed by atoms with E-state index >= 15 is 0 Å². The number of nitrogens with two attached hydrogens (primary N) is 1. The average Bonchev–Trinajstić information content (AvgIpc) is 2.39. The predicted molar refractivity (Wildman–Crippen MR) is 83.1 cm³/mol. The fourth-order valence-corrected chi connectivity index (χ4v) is 1.86. The van der Waals surface area contributed by atoms with Gasteiger partial charge in [0.05, 0.1) is 12.3 Å². The van der Waals surface area contributed by atoms with Crippen molar-refractivity contribution >= 4 is 11.6 Å². The molecule has 0 saturated heterocycles. The summed E-state index contributed by atoms with van der Waals surface area (Å²) in [5.74, 6) is 0.494. The molecule has 0 aliphatic carbocycles. The molecule has 0 aromatic heterocycles. The summed E-state index contributed by atoms with van der Waals surface area (Å²) < 4.78 is 5.67. The number of carbonyl (C=O) groups is 1. The highest BCUT2D eigenvalue weighted by Crippen LogP contribution is 2.23.